The molecule has 1 atom stereocenters. The summed E-state index contributed by atoms with van der Waals surface area (Å²) in [6.07, 6.45) is 6.13. The van der Waals surface area contributed by atoms with Crippen molar-refractivity contribution in [1.82, 2.24) is 15.8 Å². The summed E-state index contributed by atoms with van der Waals surface area (Å²) in [6.45, 7) is 1.86. The SMILES string of the molecule is O=C(NCC[C@H]1CCCCO1)NCc1ccon1. The van der Waals surface area contributed by atoms with Crippen LogP contribution in [0.1, 0.15) is 31.4 Å². The Morgan fingerprint density at radius 2 is 2.39 bits per heavy atom. The summed E-state index contributed by atoms with van der Waals surface area (Å²) in [7, 11) is 0. The maximum Gasteiger partial charge on any atom is 0.315 e. The molecule has 1 aromatic rings. The number of hydrogen-bond donors (Lipinski definition) is 2. The van der Waals surface area contributed by atoms with Crippen LogP contribution < -0.4 is 10.6 Å². The third kappa shape index (κ3) is 4.37. The number of nitrogens with one attached hydrogen (secondary N) is 2. The summed E-state index contributed by atoms with van der Waals surface area (Å²) in [5.41, 5.74) is 0.709. The maximum absolute atomic E-state index is 11.5. The quantitative estimate of drug-likeness (QED) is 0.832. The van der Waals surface area contributed by atoms with Crippen LogP contribution in [-0.4, -0.2) is 30.4 Å². The highest BCUT2D eigenvalue weighted by Crippen LogP contribution is 2.14. The Bertz CT molecular complexity index is 347. The maximum atomic E-state index is 11.5. The lowest BCUT2D eigenvalue weighted by Crippen LogP contribution is -2.37. The van der Waals surface area contributed by atoms with Gasteiger partial charge in [0.15, 0.2) is 0 Å². The Labute approximate surface area is 106 Å². The Balaban J connectivity index is 1.54. The van der Waals surface area contributed by atoms with Crippen molar-refractivity contribution in [3.05, 3.63) is 18.0 Å². The third-order valence-corrected chi connectivity index (χ3v) is 2.95. The van der Waals surface area contributed by atoms with Crippen molar-refractivity contribution in [2.75, 3.05) is 13.2 Å². The number of ether oxygens (including phenoxy) is 1. The molecule has 1 saturated heterocycles. The molecule has 1 aliphatic heterocycles. The van der Waals surface area contributed by atoms with Crippen molar-refractivity contribution >= 4 is 6.03 Å². The fourth-order valence-corrected chi connectivity index (χ4v) is 1.94. The van der Waals surface area contributed by atoms with Gasteiger partial charge in [0, 0.05) is 19.2 Å². The molecule has 2 amide bonds. The molecule has 1 aliphatic rings. The number of hydrogen-bond acceptors (Lipinski definition) is 4. The van der Waals surface area contributed by atoms with Gasteiger partial charge in [-0.15, -0.1) is 0 Å². The van der Waals surface area contributed by atoms with E-state index in [0.717, 1.165) is 25.9 Å². The van der Waals surface area contributed by atoms with Gasteiger partial charge in [-0.1, -0.05) is 5.16 Å². The highest BCUT2D eigenvalue weighted by atomic mass is 16.5. The van der Waals surface area contributed by atoms with E-state index in [1.165, 1.54) is 12.7 Å². The first kappa shape index (κ1) is 12.9. The second-order valence-corrected chi connectivity index (χ2v) is 4.38. The number of aromatic nitrogens is 1. The van der Waals surface area contributed by atoms with Crippen LogP contribution in [0.25, 0.3) is 0 Å². The lowest BCUT2D eigenvalue weighted by molar-refractivity contribution is 0.0120. The number of carbonyl (C=O) groups is 1. The zero-order valence-electron chi connectivity index (χ0n) is 10.4. The highest BCUT2D eigenvalue weighted by molar-refractivity contribution is 5.73. The molecule has 1 aromatic heterocycles. The van der Waals surface area contributed by atoms with E-state index in [2.05, 4.69) is 20.3 Å². The van der Waals surface area contributed by atoms with Crippen molar-refractivity contribution in [2.24, 2.45) is 0 Å². The van der Waals surface area contributed by atoms with E-state index in [1.807, 2.05) is 0 Å². The summed E-state index contributed by atoms with van der Waals surface area (Å²) in [5, 5.41) is 9.22. The fraction of sp³-hybridized carbons (Fsp3) is 0.667. The molecule has 2 rings (SSSR count). The minimum atomic E-state index is -0.186. The number of nitrogens with zero attached hydrogens (tertiary/aromatic N) is 1. The zero-order chi connectivity index (χ0) is 12.6. The number of urea groups is 1. The van der Waals surface area contributed by atoms with Gasteiger partial charge in [0.05, 0.1) is 12.6 Å². The highest BCUT2D eigenvalue weighted by Gasteiger charge is 2.13. The monoisotopic (exact) mass is 253 g/mol. The van der Waals surface area contributed by atoms with Crippen LogP contribution in [0.3, 0.4) is 0 Å². The van der Waals surface area contributed by atoms with Crippen LogP contribution in [0.4, 0.5) is 4.79 Å². The molecule has 0 saturated carbocycles. The van der Waals surface area contributed by atoms with Crippen LogP contribution in [0.15, 0.2) is 16.9 Å². The largest absolute Gasteiger partial charge is 0.378 e. The topological polar surface area (TPSA) is 76.4 Å². The zero-order valence-corrected chi connectivity index (χ0v) is 10.4. The number of amides is 2. The minimum absolute atomic E-state index is 0.186. The van der Waals surface area contributed by atoms with Gasteiger partial charge in [0.25, 0.3) is 0 Å². The molecular weight excluding hydrogens is 234 g/mol. The summed E-state index contributed by atoms with van der Waals surface area (Å²) in [5.74, 6) is 0. The molecule has 6 nitrogen and oxygen atoms in total. The summed E-state index contributed by atoms with van der Waals surface area (Å²) in [6, 6.07) is 1.53. The first-order chi connectivity index (χ1) is 8.84. The predicted molar refractivity (Wildman–Crippen MR) is 64.9 cm³/mol. The molecule has 1 fully saturated rings. The van der Waals surface area contributed by atoms with Crippen molar-refractivity contribution in [2.45, 2.75) is 38.3 Å². The van der Waals surface area contributed by atoms with E-state index in [1.54, 1.807) is 6.07 Å². The van der Waals surface area contributed by atoms with Gasteiger partial charge in [-0.2, -0.15) is 0 Å². The van der Waals surface area contributed by atoms with Crippen LogP contribution in [0.2, 0.25) is 0 Å². The molecule has 18 heavy (non-hydrogen) atoms. The Kier molecular flexibility index (Phi) is 5.01. The number of carbonyl (C=O) groups excluding carboxylic acids is 1. The van der Waals surface area contributed by atoms with Crippen molar-refractivity contribution in [3.8, 4) is 0 Å². The molecule has 0 radical (unpaired) electrons. The van der Waals surface area contributed by atoms with Gasteiger partial charge < -0.3 is 19.9 Å². The van der Waals surface area contributed by atoms with E-state index < -0.39 is 0 Å². The minimum Gasteiger partial charge on any atom is -0.378 e. The molecule has 2 N–H and O–H groups in total. The second-order valence-electron chi connectivity index (χ2n) is 4.38. The average Bonchev–Trinajstić information content (AvgIpc) is 2.91. The lowest BCUT2D eigenvalue weighted by Gasteiger charge is -2.22. The molecule has 0 bridgehead atoms. The van der Waals surface area contributed by atoms with Gasteiger partial charge in [-0.05, 0) is 25.7 Å². The third-order valence-electron chi connectivity index (χ3n) is 2.95. The van der Waals surface area contributed by atoms with Crippen molar-refractivity contribution < 1.29 is 14.1 Å². The lowest BCUT2D eigenvalue weighted by atomic mass is 10.1. The average molecular weight is 253 g/mol. The summed E-state index contributed by atoms with van der Waals surface area (Å²) in [4.78, 5) is 11.5. The van der Waals surface area contributed by atoms with E-state index >= 15 is 0 Å². The summed E-state index contributed by atoms with van der Waals surface area (Å²) < 4.78 is 10.3. The number of rotatable bonds is 5. The van der Waals surface area contributed by atoms with E-state index in [4.69, 9.17) is 4.74 Å². The molecule has 0 spiro atoms. The fourth-order valence-electron chi connectivity index (χ4n) is 1.94. The Morgan fingerprint density at radius 1 is 1.44 bits per heavy atom. The van der Waals surface area contributed by atoms with Crippen molar-refractivity contribution in [1.29, 1.82) is 0 Å². The molecule has 2 heterocycles. The Morgan fingerprint density at radius 3 is 3.11 bits per heavy atom. The van der Waals surface area contributed by atoms with Crippen LogP contribution in [-0.2, 0) is 11.3 Å². The molecule has 0 unspecified atom stereocenters. The molecule has 0 aliphatic carbocycles. The predicted octanol–water partition coefficient (Wildman–Crippen LogP) is 1.43. The van der Waals surface area contributed by atoms with Gasteiger partial charge in [0.1, 0.15) is 12.0 Å². The summed E-state index contributed by atoms with van der Waals surface area (Å²) >= 11 is 0. The first-order valence-corrected chi connectivity index (χ1v) is 6.37. The van der Waals surface area contributed by atoms with Crippen molar-refractivity contribution in [3.63, 3.8) is 0 Å². The van der Waals surface area contributed by atoms with Gasteiger partial charge >= 0.3 is 6.03 Å². The second kappa shape index (κ2) is 7.00. The van der Waals surface area contributed by atoms with Crippen LogP contribution in [0.5, 0.6) is 0 Å². The Hall–Kier alpha value is -1.56. The standard InChI is InChI=1S/C12H19N3O3/c16-12(14-9-10-5-8-18-15-10)13-6-4-11-3-1-2-7-17-11/h5,8,11H,1-4,6-7,9H2,(H2,13,14,16)/t11-/m1/s1. The van der Waals surface area contributed by atoms with Gasteiger partial charge in [-0.25, -0.2) is 4.79 Å². The van der Waals surface area contributed by atoms with E-state index in [-0.39, 0.29) is 6.03 Å². The normalized spacial score (nSPS) is 19.4. The molecule has 0 aromatic carbocycles. The smallest absolute Gasteiger partial charge is 0.315 e. The van der Waals surface area contributed by atoms with Crippen LogP contribution >= 0.6 is 0 Å². The molecular formula is C12H19N3O3. The first-order valence-electron chi connectivity index (χ1n) is 6.37. The molecule has 6 heteroatoms. The van der Waals surface area contributed by atoms with Gasteiger partial charge in [-0.3, -0.25) is 0 Å². The van der Waals surface area contributed by atoms with Gasteiger partial charge in [0.2, 0.25) is 0 Å². The molecule has 100 valence electrons. The van der Waals surface area contributed by atoms with E-state index in [9.17, 15) is 4.79 Å². The van der Waals surface area contributed by atoms with Crippen LogP contribution in [0, 0.1) is 0 Å². The van der Waals surface area contributed by atoms with E-state index in [0.29, 0.717) is 24.9 Å².